The fourth-order valence-corrected chi connectivity index (χ4v) is 3.09. The quantitative estimate of drug-likeness (QED) is 0.812. The van der Waals surface area contributed by atoms with E-state index in [4.69, 9.17) is 14.8 Å². The van der Waals surface area contributed by atoms with Crippen LogP contribution in [0.1, 0.15) is 28.7 Å². The summed E-state index contributed by atoms with van der Waals surface area (Å²) in [4.78, 5) is 18.0. The molecule has 26 heavy (non-hydrogen) atoms. The fourth-order valence-electron chi connectivity index (χ4n) is 3.09. The van der Waals surface area contributed by atoms with Crippen molar-refractivity contribution in [1.82, 2.24) is 4.90 Å². The summed E-state index contributed by atoms with van der Waals surface area (Å²) >= 11 is 0. The highest BCUT2D eigenvalue weighted by Crippen LogP contribution is 2.30. The maximum absolute atomic E-state index is 11.0. The van der Waals surface area contributed by atoms with Crippen LogP contribution in [-0.2, 0) is 17.8 Å². The van der Waals surface area contributed by atoms with Crippen molar-refractivity contribution in [3.8, 4) is 5.75 Å². The maximum Gasteiger partial charge on any atom is 0.307 e. The van der Waals surface area contributed by atoms with E-state index in [-0.39, 0.29) is 6.42 Å². The monoisotopic (exact) mass is 352 g/mol. The highest BCUT2D eigenvalue weighted by atomic mass is 16.5. The van der Waals surface area contributed by atoms with E-state index in [1.807, 2.05) is 30.3 Å². The van der Waals surface area contributed by atoms with Crippen molar-refractivity contribution in [2.75, 3.05) is 27.2 Å². The van der Waals surface area contributed by atoms with Crippen molar-refractivity contribution < 1.29 is 14.6 Å². The second-order valence-electron chi connectivity index (χ2n) is 6.73. The van der Waals surface area contributed by atoms with Gasteiger partial charge in [-0.25, -0.2) is 0 Å². The van der Waals surface area contributed by atoms with E-state index >= 15 is 0 Å². The molecule has 3 rings (SSSR count). The van der Waals surface area contributed by atoms with Crippen LogP contribution in [-0.4, -0.2) is 48.9 Å². The van der Waals surface area contributed by atoms with Crippen LogP contribution in [0, 0.1) is 0 Å². The van der Waals surface area contributed by atoms with Crippen LogP contribution in [0.2, 0.25) is 0 Å². The summed E-state index contributed by atoms with van der Waals surface area (Å²) in [6.07, 6.45) is 0.963. The number of fused-ring (bicyclic) bond motifs is 2. The summed E-state index contributed by atoms with van der Waals surface area (Å²) in [5, 5.41) is 9.04. The Balaban J connectivity index is 1.98. The van der Waals surface area contributed by atoms with E-state index in [0.29, 0.717) is 12.4 Å². The number of aliphatic carboxylic acids is 1. The Hall–Kier alpha value is -2.66. The number of benzene rings is 2. The third kappa shape index (κ3) is 4.29. The molecule has 0 atom stereocenters. The van der Waals surface area contributed by atoms with Gasteiger partial charge in [-0.3, -0.25) is 9.79 Å². The van der Waals surface area contributed by atoms with Crippen LogP contribution in [0.4, 0.5) is 0 Å². The van der Waals surface area contributed by atoms with Gasteiger partial charge in [0.2, 0.25) is 0 Å². The Kier molecular flexibility index (Phi) is 5.68. The second kappa shape index (κ2) is 8.15. The third-order valence-corrected chi connectivity index (χ3v) is 4.35. The van der Waals surface area contributed by atoms with Gasteiger partial charge in [0.25, 0.3) is 0 Å². The number of nitrogens with zero attached hydrogens (tertiary/aromatic N) is 2. The Morgan fingerprint density at radius 2 is 2.00 bits per heavy atom. The van der Waals surface area contributed by atoms with E-state index in [2.05, 4.69) is 31.1 Å². The number of ether oxygens (including phenoxy) is 1. The first-order valence-corrected chi connectivity index (χ1v) is 8.80. The van der Waals surface area contributed by atoms with Gasteiger partial charge < -0.3 is 14.7 Å². The van der Waals surface area contributed by atoms with Crippen LogP contribution in [0.5, 0.6) is 5.75 Å². The smallest absolute Gasteiger partial charge is 0.307 e. The lowest BCUT2D eigenvalue weighted by molar-refractivity contribution is -0.136. The van der Waals surface area contributed by atoms with Gasteiger partial charge in [-0.2, -0.15) is 0 Å². The predicted molar refractivity (Wildman–Crippen MR) is 102 cm³/mol. The molecule has 2 aromatic rings. The number of carbonyl (C=O) groups is 1. The Bertz CT molecular complexity index is 828. The van der Waals surface area contributed by atoms with Gasteiger partial charge in [0.15, 0.2) is 0 Å². The third-order valence-electron chi connectivity index (χ3n) is 4.35. The lowest BCUT2D eigenvalue weighted by atomic mass is 9.97. The van der Waals surface area contributed by atoms with Crippen molar-refractivity contribution in [3.63, 3.8) is 0 Å². The number of rotatable bonds is 6. The minimum absolute atomic E-state index is 0.0150. The van der Waals surface area contributed by atoms with E-state index in [9.17, 15) is 4.79 Å². The van der Waals surface area contributed by atoms with Crippen molar-refractivity contribution in [1.29, 1.82) is 0 Å². The summed E-state index contributed by atoms with van der Waals surface area (Å²) in [5.74, 6) is -0.147. The van der Waals surface area contributed by atoms with Crippen LogP contribution >= 0.6 is 0 Å². The van der Waals surface area contributed by atoms with Crippen molar-refractivity contribution >= 4 is 11.7 Å². The molecule has 0 saturated carbocycles. The molecule has 0 saturated heterocycles. The normalized spacial score (nSPS) is 14.5. The van der Waals surface area contributed by atoms with Crippen molar-refractivity contribution in [2.45, 2.75) is 19.4 Å². The van der Waals surface area contributed by atoms with Gasteiger partial charge in [-0.1, -0.05) is 30.3 Å². The first kappa shape index (κ1) is 18.1. The van der Waals surface area contributed by atoms with Gasteiger partial charge in [0.05, 0.1) is 12.1 Å². The average Bonchev–Trinajstić information content (AvgIpc) is 2.75. The summed E-state index contributed by atoms with van der Waals surface area (Å²) in [5.41, 5.74) is 4.76. The number of carboxylic acids is 1. The number of carboxylic acid groups (broad SMARTS) is 1. The number of aliphatic imine (C=N–C) groups is 1. The zero-order valence-corrected chi connectivity index (χ0v) is 15.2. The minimum atomic E-state index is -0.848. The maximum atomic E-state index is 11.0. The summed E-state index contributed by atoms with van der Waals surface area (Å²) in [6, 6.07) is 13.7. The van der Waals surface area contributed by atoms with Crippen molar-refractivity contribution in [2.24, 2.45) is 4.99 Å². The lowest BCUT2D eigenvalue weighted by Crippen LogP contribution is -2.14. The molecule has 5 heteroatoms. The van der Waals surface area contributed by atoms with Gasteiger partial charge in [-0.05, 0) is 50.3 Å². The molecular formula is C21H24N2O3. The molecule has 0 aromatic heterocycles. The number of hydrogen-bond acceptors (Lipinski definition) is 4. The molecule has 5 nitrogen and oxygen atoms in total. The van der Waals surface area contributed by atoms with Crippen LogP contribution in [0.15, 0.2) is 47.5 Å². The van der Waals surface area contributed by atoms with Crippen molar-refractivity contribution in [3.05, 3.63) is 64.7 Å². The Morgan fingerprint density at radius 1 is 1.19 bits per heavy atom. The van der Waals surface area contributed by atoms with Gasteiger partial charge >= 0.3 is 5.97 Å². The minimum Gasteiger partial charge on any atom is -0.488 e. The average molecular weight is 352 g/mol. The van der Waals surface area contributed by atoms with Gasteiger partial charge in [0, 0.05) is 17.7 Å². The molecule has 1 aliphatic heterocycles. The molecule has 0 bridgehead atoms. The van der Waals surface area contributed by atoms with E-state index in [0.717, 1.165) is 47.5 Å². The molecule has 0 fully saturated rings. The Labute approximate surface area is 153 Å². The number of hydrogen-bond donors (Lipinski definition) is 1. The largest absolute Gasteiger partial charge is 0.488 e. The second-order valence-corrected chi connectivity index (χ2v) is 6.73. The molecule has 0 radical (unpaired) electrons. The van der Waals surface area contributed by atoms with E-state index in [1.165, 1.54) is 0 Å². The molecule has 0 amide bonds. The van der Waals surface area contributed by atoms with Gasteiger partial charge in [0.1, 0.15) is 12.4 Å². The van der Waals surface area contributed by atoms with E-state index in [1.54, 1.807) is 0 Å². The predicted octanol–water partition coefficient (Wildman–Crippen LogP) is 3.00. The summed E-state index contributed by atoms with van der Waals surface area (Å²) in [7, 11) is 4.11. The summed E-state index contributed by atoms with van der Waals surface area (Å²) in [6.45, 7) is 2.17. The molecular weight excluding hydrogens is 328 g/mol. The first-order valence-electron chi connectivity index (χ1n) is 8.80. The SMILES string of the molecule is CN(C)CCCN=C1c2ccccc2COc2cc(CC(=O)O)ccc21. The molecule has 136 valence electrons. The molecule has 0 aliphatic carbocycles. The fraction of sp³-hybridized carbons (Fsp3) is 0.333. The zero-order chi connectivity index (χ0) is 18.5. The molecule has 1 N–H and O–H groups in total. The first-order chi connectivity index (χ1) is 12.5. The standard InChI is InChI=1S/C21H24N2O3/c1-23(2)11-5-10-22-21-17-7-4-3-6-16(17)14-26-19-12-15(13-20(24)25)8-9-18(19)21/h3-4,6-9,12H,5,10-11,13-14H2,1-2H3,(H,24,25). The Morgan fingerprint density at radius 3 is 2.77 bits per heavy atom. The zero-order valence-electron chi connectivity index (χ0n) is 15.2. The topological polar surface area (TPSA) is 62.1 Å². The molecule has 1 heterocycles. The highest BCUT2D eigenvalue weighted by molar-refractivity contribution is 6.15. The van der Waals surface area contributed by atoms with Crippen LogP contribution in [0.3, 0.4) is 0 Å². The van der Waals surface area contributed by atoms with Gasteiger partial charge in [-0.15, -0.1) is 0 Å². The molecule has 0 spiro atoms. The van der Waals surface area contributed by atoms with Crippen LogP contribution in [0.25, 0.3) is 0 Å². The lowest BCUT2D eigenvalue weighted by Gasteiger charge is -2.12. The molecule has 2 aromatic carbocycles. The highest BCUT2D eigenvalue weighted by Gasteiger charge is 2.20. The van der Waals surface area contributed by atoms with E-state index < -0.39 is 5.97 Å². The molecule has 1 aliphatic rings. The van der Waals surface area contributed by atoms with Crippen LogP contribution < -0.4 is 4.74 Å². The summed E-state index contributed by atoms with van der Waals surface area (Å²) < 4.78 is 5.99. The molecule has 0 unspecified atom stereocenters.